The Bertz CT molecular complexity index is 308. The van der Waals surface area contributed by atoms with E-state index >= 15 is 0 Å². The maximum Gasteiger partial charge on any atom is 0.158 e. The Hall–Kier alpha value is -0.630. The van der Waals surface area contributed by atoms with Crippen LogP contribution in [0.2, 0.25) is 0 Å². The minimum atomic E-state index is -0.0714. The van der Waals surface area contributed by atoms with E-state index in [1.54, 1.807) is 0 Å². The third-order valence-electron chi connectivity index (χ3n) is 4.13. The summed E-state index contributed by atoms with van der Waals surface area (Å²) in [5.41, 5.74) is 0. The van der Waals surface area contributed by atoms with Gasteiger partial charge in [-0.1, -0.05) is 0 Å². The average Bonchev–Trinajstić information content (AvgIpc) is 2.94. The highest BCUT2D eigenvalue weighted by Gasteiger charge is 2.50. The number of nitrogens with zero attached hydrogens (tertiary/aromatic N) is 1. The first-order chi connectivity index (χ1) is 8.38. The van der Waals surface area contributed by atoms with Crippen molar-refractivity contribution in [2.75, 3.05) is 6.61 Å². The maximum atomic E-state index is 8.89. The van der Waals surface area contributed by atoms with Crippen LogP contribution in [0.25, 0.3) is 0 Å². The van der Waals surface area contributed by atoms with E-state index in [0.29, 0.717) is 6.42 Å². The molecule has 3 aliphatic rings. The molecule has 0 saturated carbocycles. The molecule has 17 heavy (non-hydrogen) atoms. The lowest BCUT2D eigenvalue weighted by atomic mass is 9.84. The summed E-state index contributed by atoms with van der Waals surface area (Å²) in [4.78, 5) is 0. The van der Waals surface area contributed by atoms with Gasteiger partial charge in [0.25, 0.3) is 0 Å². The number of rotatable bonds is 3. The standard InChI is InChI=1S/C13H19NO3/c14-7-6-9-10-4-5-11(16-10)13(9)17-12-3-1-2-8-15-12/h9-13H,1-6,8H2. The van der Waals surface area contributed by atoms with Crippen molar-refractivity contribution in [3.05, 3.63) is 0 Å². The Morgan fingerprint density at radius 3 is 2.82 bits per heavy atom. The zero-order valence-corrected chi connectivity index (χ0v) is 10.0. The van der Waals surface area contributed by atoms with Crippen molar-refractivity contribution in [1.82, 2.24) is 0 Å². The zero-order valence-electron chi connectivity index (χ0n) is 10.0. The highest BCUT2D eigenvalue weighted by molar-refractivity contribution is 5.00. The van der Waals surface area contributed by atoms with Crippen molar-refractivity contribution >= 4 is 0 Å². The van der Waals surface area contributed by atoms with Gasteiger partial charge in [0.1, 0.15) is 0 Å². The Kier molecular flexibility index (Phi) is 3.32. The van der Waals surface area contributed by atoms with Crippen LogP contribution in [0, 0.1) is 17.2 Å². The fourth-order valence-corrected chi connectivity index (χ4v) is 3.27. The van der Waals surface area contributed by atoms with Crippen molar-refractivity contribution in [2.24, 2.45) is 5.92 Å². The first-order valence-corrected chi connectivity index (χ1v) is 6.68. The first-order valence-electron chi connectivity index (χ1n) is 6.68. The number of nitriles is 1. The molecule has 0 N–H and O–H groups in total. The van der Waals surface area contributed by atoms with E-state index in [1.165, 1.54) is 6.42 Å². The second-order valence-electron chi connectivity index (χ2n) is 5.21. The molecule has 3 fully saturated rings. The number of fused-ring (bicyclic) bond motifs is 2. The Morgan fingerprint density at radius 1 is 1.18 bits per heavy atom. The fraction of sp³-hybridized carbons (Fsp3) is 0.923. The minimum absolute atomic E-state index is 0.0714. The Labute approximate surface area is 102 Å². The molecule has 5 unspecified atom stereocenters. The van der Waals surface area contributed by atoms with Crippen LogP contribution in [0.15, 0.2) is 0 Å². The van der Waals surface area contributed by atoms with Crippen molar-refractivity contribution < 1.29 is 14.2 Å². The SMILES string of the molecule is N#CCC1C2CCC(O2)C1OC1CCCCO1. The Morgan fingerprint density at radius 2 is 2.06 bits per heavy atom. The van der Waals surface area contributed by atoms with Crippen LogP contribution in [-0.2, 0) is 14.2 Å². The summed E-state index contributed by atoms with van der Waals surface area (Å²) in [5.74, 6) is 0.254. The normalized spacial score (nSPS) is 44.8. The summed E-state index contributed by atoms with van der Waals surface area (Å²) in [6.45, 7) is 0.801. The van der Waals surface area contributed by atoms with E-state index in [2.05, 4.69) is 6.07 Å². The maximum absolute atomic E-state index is 8.89. The van der Waals surface area contributed by atoms with E-state index in [-0.39, 0.29) is 30.5 Å². The van der Waals surface area contributed by atoms with Crippen molar-refractivity contribution in [3.8, 4) is 6.07 Å². The van der Waals surface area contributed by atoms with Gasteiger partial charge in [-0.25, -0.2) is 0 Å². The average molecular weight is 237 g/mol. The van der Waals surface area contributed by atoms with Gasteiger partial charge in [-0.3, -0.25) is 0 Å². The van der Waals surface area contributed by atoms with Crippen LogP contribution >= 0.6 is 0 Å². The Balaban J connectivity index is 1.62. The van der Waals surface area contributed by atoms with Gasteiger partial charge in [-0.2, -0.15) is 5.26 Å². The molecule has 4 nitrogen and oxygen atoms in total. The lowest BCUT2D eigenvalue weighted by Crippen LogP contribution is -2.39. The van der Waals surface area contributed by atoms with E-state index in [9.17, 15) is 0 Å². The summed E-state index contributed by atoms with van der Waals surface area (Å²) in [6.07, 6.45) is 6.44. The summed E-state index contributed by atoms with van der Waals surface area (Å²) >= 11 is 0. The molecule has 0 aromatic heterocycles. The highest BCUT2D eigenvalue weighted by atomic mass is 16.7. The summed E-state index contributed by atoms with van der Waals surface area (Å²) < 4.78 is 17.5. The van der Waals surface area contributed by atoms with Crippen LogP contribution in [-0.4, -0.2) is 31.2 Å². The van der Waals surface area contributed by atoms with E-state index in [4.69, 9.17) is 19.5 Å². The topological polar surface area (TPSA) is 51.5 Å². The summed E-state index contributed by atoms with van der Waals surface area (Å²) in [5, 5.41) is 8.89. The minimum Gasteiger partial charge on any atom is -0.372 e. The van der Waals surface area contributed by atoms with Gasteiger partial charge in [0.15, 0.2) is 6.29 Å². The molecule has 5 atom stereocenters. The van der Waals surface area contributed by atoms with E-state index < -0.39 is 0 Å². The second kappa shape index (κ2) is 4.93. The van der Waals surface area contributed by atoms with Crippen molar-refractivity contribution in [1.29, 1.82) is 5.26 Å². The molecule has 0 aliphatic carbocycles. The molecule has 0 aromatic carbocycles. The van der Waals surface area contributed by atoms with Crippen LogP contribution in [0.3, 0.4) is 0 Å². The molecule has 3 heterocycles. The van der Waals surface area contributed by atoms with E-state index in [1.807, 2.05) is 0 Å². The molecule has 3 rings (SSSR count). The molecule has 0 amide bonds. The predicted molar refractivity (Wildman–Crippen MR) is 60.1 cm³/mol. The van der Waals surface area contributed by atoms with Crippen LogP contribution in [0.1, 0.15) is 38.5 Å². The molecule has 0 spiro atoms. The smallest absolute Gasteiger partial charge is 0.158 e. The molecule has 4 heteroatoms. The van der Waals surface area contributed by atoms with Crippen molar-refractivity contribution in [3.63, 3.8) is 0 Å². The third kappa shape index (κ3) is 2.20. The quantitative estimate of drug-likeness (QED) is 0.753. The van der Waals surface area contributed by atoms with Crippen LogP contribution < -0.4 is 0 Å². The number of hydrogen-bond donors (Lipinski definition) is 0. The summed E-state index contributed by atoms with van der Waals surface area (Å²) in [6, 6.07) is 2.26. The van der Waals surface area contributed by atoms with Crippen LogP contribution in [0.4, 0.5) is 0 Å². The molecule has 0 radical (unpaired) electrons. The first kappa shape index (κ1) is 11.5. The molecule has 2 bridgehead atoms. The lowest BCUT2D eigenvalue weighted by molar-refractivity contribution is -0.203. The summed E-state index contributed by atoms with van der Waals surface area (Å²) in [7, 11) is 0. The van der Waals surface area contributed by atoms with Gasteiger partial charge in [-0.05, 0) is 32.1 Å². The van der Waals surface area contributed by atoms with Gasteiger partial charge in [0, 0.05) is 18.9 Å². The highest BCUT2D eigenvalue weighted by Crippen LogP contribution is 2.43. The largest absolute Gasteiger partial charge is 0.372 e. The molecule has 94 valence electrons. The molecular weight excluding hydrogens is 218 g/mol. The van der Waals surface area contributed by atoms with Crippen molar-refractivity contribution in [2.45, 2.75) is 63.1 Å². The molecule has 3 aliphatic heterocycles. The predicted octanol–water partition coefficient (Wildman–Crippen LogP) is 1.99. The van der Waals surface area contributed by atoms with Gasteiger partial charge in [0.2, 0.25) is 0 Å². The number of ether oxygens (including phenoxy) is 3. The van der Waals surface area contributed by atoms with E-state index in [0.717, 1.165) is 32.3 Å². The monoisotopic (exact) mass is 237 g/mol. The zero-order chi connectivity index (χ0) is 11.7. The molecular formula is C13H19NO3. The van der Waals surface area contributed by atoms with Gasteiger partial charge in [0.05, 0.1) is 24.4 Å². The van der Waals surface area contributed by atoms with Gasteiger partial charge < -0.3 is 14.2 Å². The van der Waals surface area contributed by atoms with Gasteiger partial charge >= 0.3 is 0 Å². The lowest BCUT2D eigenvalue weighted by Gasteiger charge is -2.32. The fourth-order valence-electron chi connectivity index (χ4n) is 3.27. The van der Waals surface area contributed by atoms with Gasteiger partial charge in [-0.15, -0.1) is 0 Å². The third-order valence-corrected chi connectivity index (χ3v) is 4.13. The molecule has 0 aromatic rings. The second-order valence-corrected chi connectivity index (χ2v) is 5.21. The van der Waals surface area contributed by atoms with Crippen LogP contribution in [0.5, 0.6) is 0 Å². The molecule has 3 saturated heterocycles. The number of hydrogen-bond acceptors (Lipinski definition) is 4.